The SMILES string of the molecule is COc1ccc(C)cc1NC(=NCCc1c(C)nn(C)c1C)NC(=O)c1cccc(C)c1. The van der Waals surface area contributed by atoms with Crippen LogP contribution in [0.25, 0.3) is 0 Å². The number of methoxy groups -OCH3 is 1. The molecular weight excluding hydrogens is 402 g/mol. The minimum atomic E-state index is -0.222. The number of carbonyl (C=O) groups is 1. The molecule has 2 N–H and O–H groups in total. The van der Waals surface area contributed by atoms with E-state index >= 15 is 0 Å². The second-order valence-electron chi connectivity index (χ2n) is 7.91. The fourth-order valence-corrected chi connectivity index (χ4v) is 3.58. The number of hydrogen-bond donors (Lipinski definition) is 2. The highest BCUT2D eigenvalue weighted by Crippen LogP contribution is 2.25. The van der Waals surface area contributed by atoms with Crippen molar-refractivity contribution in [3.05, 3.63) is 76.1 Å². The maximum absolute atomic E-state index is 12.9. The minimum Gasteiger partial charge on any atom is -0.495 e. The lowest BCUT2D eigenvalue weighted by molar-refractivity contribution is 0.0977. The van der Waals surface area contributed by atoms with Gasteiger partial charge >= 0.3 is 0 Å². The van der Waals surface area contributed by atoms with Crippen LogP contribution in [0.2, 0.25) is 0 Å². The monoisotopic (exact) mass is 433 g/mol. The largest absolute Gasteiger partial charge is 0.495 e. The molecule has 7 nitrogen and oxygen atoms in total. The minimum absolute atomic E-state index is 0.222. The predicted octanol–water partition coefficient (Wildman–Crippen LogP) is 4.10. The first-order valence-electron chi connectivity index (χ1n) is 10.6. The number of aliphatic imine (C=N–C) groups is 1. The van der Waals surface area contributed by atoms with Gasteiger partial charge in [-0.2, -0.15) is 5.10 Å². The Morgan fingerprint density at radius 3 is 2.50 bits per heavy atom. The molecule has 1 heterocycles. The fourth-order valence-electron chi connectivity index (χ4n) is 3.58. The number of carbonyl (C=O) groups excluding carboxylic acids is 1. The molecule has 0 fully saturated rings. The molecule has 3 aromatic rings. The summed E-state index contributed by atoms with van der Waals surface area (Å²) in [6.07, 6.45) is 0.724. The Morgan fingerprint density at radius 2 is 1.84 bits per heavy atom. The van der Waals surface area contributed by atoms with Crippen molar-refractivity contribution in [3.8, 4) is 5.75 Å². The summed E-state index contributed by atoms with van der Waals surface area (Å²) in [5.74, 6) is 0.826. The van der Waals surface area contributed by atoms with Crippen LogP contribution in [-0.2, 0) is 13.5 Å². The third-order valence-electron chi connectivity index (χ3n) is 5.41. The highest BCUT2D eigenvalue weighted by Gasteiger charge is 2.13. The van der Waals surface area contributed by atoms with Gasteiger partial charge in [0.05, 0.1) is 18.5 Å². The average molecular weight is 434 g/mol. The van der Waals surface area contributed by atoms with Crippen molar-refractivity contribution >= 4 is 17.6 Å². The summed E-state index contributed by atoms with van der Waals surface area (Å²) in [7, 11) is 3.56. The summed E-state index contributed by atoms with van der Waals surface area (Å²) in [4.78, 5) is 17.6. The average Bonchev–Trinajstić information content (AvgIpc) is 2.99. The molecule has 0 aliphatic carbocycles. The number of nitrogens with zero attached hydrogens (tertiary/aromatic N) is 3. The van der Waals surface area contributed by atoms with Gasteiger partial charge in [-0.1, -0.05) is 23.8 Å². The van der Waals surface area contributed by atoms with E-state index in [9.17, 15) is 4.79 Å². The number of anilines is 1. The van der Waals surface area contributed by atoms with Crippen LogP contribution in [0.3, 0.4) is 0 Å². The van der Waals surface area contributed by atoms with Gasteiger partial charge in [0.25, 0.3) is 5.91 Å². The Kier molecular flexibility index (Phi) is 7.30. The zero-order valence-corrected chi connectivity index (χ0v) is 19.6. The van der Waals surface area contributed by atoms with Crippen LogP contribution in [0.1, 0.15) is 38.4 Å². The number of ether oxygens (including phenoxy) is 1. The van der Waals surface area contributed by atoms with Crippen molar-refractivity contribution in [2.24, 2.45) is 12.0 Å². The maximum Gasteiger partial charge on any atom is 0.257 e. The van der Waals surface area contributed by atoms with Gasteiger partial charge in [0.2, 0.25) is 5.96 Å². The summed E-state index contributed by atoms with van der Waals surface area (Å²) in [5, 5.41) is 10.6. The molecule has 0 spiro atoms. The van der Waals surface area contributed by atoms with Gasteiger partial charge in [0.15, 0.2) is 0 Å². The quantitative estimate of drug-likeness (QED) is 0.453. The number of guanidine groups is 1. The highest BCUT2D eigenvalue weighted by atomic mass is 16.5. The molecule has 0 bridgehead atoms. The molecule has 7 heteroatoms. The van der Waals surface area contributed by atoms with E-state index in [1.54, 1.807) is 13.2 Å². The van der Waals surface area contributed by atoms with Crippen LogP contribution >= 0.6 is 0 Å². The molecule has 2 aromatic carbocycles. The highest BCUT2D eigenvalue weighted by molar-refractivity contribution is 6.10. The van der Waals surface area contributed by atoms with E-state index in [1.807, 2.05) is 68.9 Å². The lowest BCUT2D eigenvalue weighted by Crippen LogP contribution is -2.36. The summed E-state index contributed by atoms with van der Waals surface area (Å²) < 4.78 is 7.35. The van der Waals surface area contributed by atoms with Gasteiger partial charge in [-0.05, 0) is 69.5 Å². The number of aryl methyl sites for hydroxylation is 4. The van der Waals surface area contributed by atoms with Crippen molar-refractivity contribution in [1.29, 1.82) is 0 Å². The van der Waals surface area contributed by atoms with E-state index in [1.165, 1.54) is 5.56 Å². The zero-order chi connectivity index (χ0) is 23.3. The summed E-state index contributed by atoms with van der Waals surface area (Å²) in [6.45, 7) is 8.51. The van der Waals surface area contributed by atoms with Crippen LogP contribution in [0.15, 0.2) is 47.5 Å². The van der Waals surface area contributed by atoms with Crippen molar-refractivity contribution in [2.45, 2.75) is 34.1 Å². The van der Waals surface area contributed by atoms with Gasteiger partial charge in [0, 0.05) is 24.8 Å². The zero-order valence-electron chi connectivity index (χ0n) is 19.6. The molecule has 1 amide bonds. The van der Waals surface area contributed by atoms with E-state index in [-0.39, 0.29) is 5.91 Å². The Hall–Kier alpha value is -3.61. The first-order chi connectivity index (χ1) is 15.3. The van der Waals surface area contributed by atoms with Crippen LogP contribution < -0.4 is 15.4 Å². The first kappa shape index (κ1) is 23.1. The Morgan fingerprint density at radius 1 is 1.09 bits per heavy atom. The lowest BCUT2D eigenvalue weighted by Gasteiger charge is -2.15. The van der Waals surface area contributed by atoms with E-state index in [0.717, 1.165) is 34.6 Å². The number of benzene rings is 2. The van der Waals surface area contributed by atoms with Gasteiger partial charge in [0.1, 0.15) is 5.75 Å². The maximum atomic E-state index is 12.9. The number of nitrogens with one attached hydrogen (secondary N) is 2. The van der Waals surface area contributed by atoms with Crippen LogP contribution in [0, 0.1) is 27.7 Å². The van der Waals surface area contributed by atoms with Crippen molar-refractivity contribution < 1.29 is 9.53 Å². The van der Waals surface area contributed by atoms with Crippen LogP contribution in [0.4, 0.5) is 5.69 Å². The summed E-state index contributed by atoms with van der Waals surface area (Å²) in [6, 6.07) is 13.3. The van der Waals surface area contributed by atoms with Crippen LogP contribution in [-0.4, -0.2) is 35.3 Å². The second kappa shape index (κ2) is 10.1. The molecule has 32 heavy (non-hydrogen) atoms. The van der Waals surface area contributed by atoms with Crippen LogP contribution in [0.5, 0.6) is 5.75 Å². The molecule has 3 rings (SSSR count). The molecule has 0 unspecified atom stereocenters. The lowest BCUT2D eigenvalue weighted by atomic mass is 10.1. The molecule has 1 aromatic heterocycles. The molecule has 0 saturated heterocycles. The van der Waals surface area contributed by atoms with Crippen molar-refractivity contribution in [1.82, 2.24) is 15.1 Å². The number of amides is 1. The van der Waals surface area contributed by atoms with E-state index < -0.39 is 0 Å². The third-order valence-corrected chi connectivity index (χ3v) is 5.41. The van der Waals surface area contributed by atoms with E-state index in [2.05, 4.69) is 27.6 Å². The molecule has 168 valence electrons. The van der Waals surface area contributed by atoms with Gasteiger partial charge in [-0.15, -0.1) is 0 Å². The van der Waals surface area contributed by atoms with Crippen molar-refractivity contribution in [3.63, 3.8) is 0 Å². The molecule has 0 radical (unpaired) electrons. The predicted molar refractivity (Wildman–Crippen MR) is 129 cm³/mol. The first-order valence-corrected chi connectivity index (χ1v) is 10.6. The molecule has 0 aliphatic rings. The smallest absolute Gasteiger partial charge is 0.257 e. The molecular formula is C25H31N5O2. The Bertz CT molecular complexity index is 1150. The summed E-state index contributed by atoms with van der Waals surface area (Å²) in [5.41, 5.74) is 6.70. The van der Waals surface area contributed by atoms with E-state index in [4.69, 9.17) is 4.74 Å². The standard InChI is InChI=1S/C25H31N5O2/c1-16-8-7-9-20(14-16)24(31)28-25(27-22-15-17(2)10-11-23(22)32-6)26-13-12-21-18(3)29-30(5)19(21)4/h7-11,14-15H,12-13H2,1-6H3,(H2,26,27,28,31). The second-order valence-corrected chi connectivity index (χ2v) is 7.91. The van der Waals surface area contributed by atoms with Crippen molar-refractivity contribution in [2.75, 3.05) is 19.0 Å². The topological polar surface area (TPSA) is 80.5 Å². The van der Waals surface area contributed by atoms with Gasteiger partial charge in [-0.3, -0.25) is 19.8 Å². The number of hydrogen-bond acceptors (Lipinski definition) is 4. The third kappa shape index (κ3) is 5.55. The molecule has 0 saturated carbocycles. The Labute approximate surface area is 189 Å². The number of rotatable bonds is 6. The summed E-state index contributed by atoms with van der Waals surface area (Å²) >= 11 is 0. The molecule has 0 atom stereocenters. The number of aromatic nitrogens is 2. The van der Waals surface area contributed by atoms with Gasteiger partial charge < -0.3 is 10.1 Å². The normalized spacial score (nSPS) is 11.4. The molecule has 0 aliphatic heterocycles. The van der Waals surface area contributed by atoms with Gasteiger partial charge in [-0.25, -0.2) is 0 Å². The van der Waals surface area contributed by atoms with E-state index in [0.29, 0.717) is 23.8 Å². The Balaban J connectivity index is 1.85. The fraction of sp³-hybridized carbons (Fsp3) is 0.320.